The average molecular weight is 228 g/mol. The van der Waals surface area contributed by atoms with Crippen molar-refractivity contribution in [3.63, 3.8) is 0 Å². The van der Waals surface area contributed by atoms with E-state index in [0.29, 0.717) is 6.54 Å². The number of aliphatic carboxylic acids is 1. The van der Waals surface area contributed by atoms with Crippen molar-refractivity contribution in [2.24, 2.45) is 11.3 Å². The highest BCUT2D eigenvalue weighted by atomic mass is 16.4. The SMILES string of the molecule is CNC(=O)C(C)(C)CNC1CCC1C(=O)O. The Labute approximate surface area is 95.6 Å². The normalized spacial score (nSPS) is 24.7. The Hall–Kier alpha value is -1.10. The summed E-state index contributed by atoms with van der Waals surface area (Å²) in [7, 11) is 1.60. The Kier molecular flexibility index (Phi) is 3.91. The first-order valence-electron chi connectivity index (χ1n) is 5.57. The zero-order valence-electron chi connectivity index (χ0n) is 10.0. The zero-order chi connectivity index (χ0) is 12.3. The van der Waals surface area contributed by atoms with E-state index >= 15 is 0 Å². The second kappa shape index (κ2) is 4.82. The largest absolute Gasteiger partial charge is 0.481 e. The Bertz CT molecular complexity index is 289. The van der Waals surface area contributed by atoms with E-state index in [4.69, 9.17) is 5.11 Å². The standard InChI is InChI=1S/C11H20N2O3/c1-11(2,10(16)12-3)6-13-8-5-4-7(8)9(14)15/h7-8,13H,4-6H2,1-3H3,(H,12,16)(H,14,15). The smallest absolute Gasteiger partial charge is 0.308 e. The molecule has 5 heteroatoms. The number of carbonyl (C=O) groups excluding carboxylic acids is 1. The van der Waals surface area contributed by atoms with E-state index in [0.717, 1.165) is 12.8 Å². The summed E-state index contributed by atoms with van der Waals surface area (Å²) in [4.78, 5) is 22.3. The number of amides is 1. The highest BCUT2D eigenvalue weighted by molar-refractivity contribution is 5.81. The molecule has 0 heterocycles. The van der Waals surface area contributed by atoms with Gasteiger partial charge in [0.2, 0.25) is 5.91 Å². The predicted molar refractivity (Wildman–Crippen MR) is 60.0 cm³/mol. The molecule has 0 aromatic carbocycles. The second-order valence-corrected chi connectivity index (χ2v) is 4.97. The Morgan fingerprint density at radius 3 is 2.38 bits per heavy atom. The lowest BCUT2D eigenvalue weighted by Crippen LogP contribution is -2.52. The van der Waals surface area contributed by atoms with E-state index in [1.54, 1.807) is 7.05 Å². The molecule has 0 aliphatic heterocycles. The van der Waals surface area contributed by atoms with Gasteiger partial charge in [0.1, 0.15) is 0 Å². The number of carboxylic acids is 1. The van der Waals surface area contributed by atoms with E-state index < -0.39 is 11.4 Å². The summed E-state index contributed by atoms with van der Waals surface area (Å²) >= 11 is 0. The van der Waals surface area contributed by atoms with Gasteiger partial charge in [-0.25, -0.2) is 0 Å². The number of carboxylic acid groups (broad SMARTS) is 1. The third kappa shape index (κ3) is 2.72. The van der Waals surface area contributed by atoms with Gasteiger partial charge in [0.15, 0.2) is 0 Å². The molecule has 0 aromatic rings. The van der Waals surface area contributed by atoms with Crippen LogP contribution in [-0.2, 0) is 9.59 Å². The molecule has 0 radical (unpaired) electrons. The van der Waals surface area contributed by atoms with Crippen molar-refractivity contribution >= 4 is 11.9 Å². The van der Waals surface area contributed by atoms with E-state index in [-0.39, 0.29) is 17.9 Å². The van der Waals surface area contributed by atoms with Gasteiger partial charge in [0.25, 0.3) is 0 Å². The number of rotatable bonds is 5. The first-order valence-corrected chi connectivity index (χ1v) is 5.57. The lowest BCUT2D eigenvalue weighted by Gasteiger charge is -2.36. The van der Waals surface area contributed by atoms with Crippen LogP contribution in [0.4, 0.5) is 0 Å². The molecule has 1 saturated carbocycles. The Morgan fingerprint density at radius 2 is 2.00 bits per heavy atom. The van der Waals surface area contributed by atoms with Gasteiger partial charge in [0, 0.05) is 19.6 Å². The molecule has 1 fully saturated rings. The maximum Gasteiger partial charge on any atom is 0.308 e. The Balaban J connectivity index is 2.40. The summed E-state index contributed by atoms with van der Waals surface area (Å²) in [5.41, 5.74) is -0.507. The molecular formula is C11H20N2O3. The van der Waals surface area contributed by atoms with Crippen molar-refractivity contribution in [1.29, 1.82) is 0 Å². The van der Waals surface area contributed by atoms with Crippen molar-refractivity contribution in [3.8, 4) is 0 Å². The Morgan fingerprint density at radius 1 is 1.38 bits per heavy atom. The minimum Gasteiger partial charge on any atom is -0.481 e. The molecule has 92 valence electrons. The number of hydrogen-bond donors (Lipinski definition) is 3. The van der Waals surface area contributed by atoms with Crippen LogP contribution in [0, 0.1) is 11.3 Å². The van der Waals surface area contributed by atoms with Gasteiger partial charge in [-0.05, 0) is 26.7 Å². The summed E-state index contributed by atoms with van der Waals surface area (Å²) in [5, 5.41) is 14.6. The van der Waals surface area contributed by atoms with Gasteiger partial charge in [0.05, 0.1) is 11.3 Å². The van der Waals surface area contributed by atoms with Crippen molar-refractivity contribution in [2.75, 3.05) is 13.6 Å². The molecule has 3 N–H and O–H groups in total. The molecule has 2 unspecified atom stereocenters. The van der Waals surface area contributed by atoms with Crippen molar-refractivity contribution < 1.29 is 14.7 Å². The molecule has 1 rings (SSSR count). The summed E-state index contributed by atoms with van der Waals surface area (Å²) in [5.74, 6) is -1.08. The van der Waals surface area contributed by atoms with Gasteiger partial charge in [-0.15, -0.1) is 0 Å². The average Bonchev–Trinajstić information content (AvgIpc) is 2.13. The fourth-order valence-corrected chi connectivity index (χ4v) is 1.84. The van der Waals surface area contributed by atoms with E-state index in [1.807, 2.05) is 13.8 Å². The summed E-state index contributed by atoms with van der Waals surface area (Å²) in [6, 6.07) is 0.0152. The van der Waals surface area contributed by atoms with Crippen molar-refractivity contribution in [1.82, 2.24) is 10.6 Å². The predicted octanol–water partition coefficient (Wildman–Crippen LogP) is 0.211. The highest BCUT2D eigenvalue weighted by Crippen LogP contribution is 2.28. The van der Waals surface area contributed by atoms with E-state index in [1.165, 1.54) is 0 Å². The van der Waals surface area contributed by atoms with Crippen LogP contribution in [0.2, 0.25) is 0 Å². The van der Waals surface area contributed by atoms with E-state index in [9.17, 15) is 9.59 Å². The third-order valence-electron chi connectivity index (χ3n) is 3.24. The second-order valence-electron chi connectivity index (χ2n) is 4.97. The lowest BCUT2D eigenvalue weighted by molar-refractivity contribution is -0.146. The van der Waals surface area contributed by atoms with Crippen LogP contribution in [-0.4, -0.2) is 36.6 Å². The van der Waals surface area contributed by atoms with Crippen molar-refractivity contribution in [3.05, 3.63) is 0 Å². The molecule has 1 aliphatic rings. The summed E-state index contributed by atoms with van der Waals surface area (Å²) < 4.78 is 0. The van der Waals surface area contributed by atoms with Crippen LogP contribution in [0.25, 0.3) is 0 Å². The molecule has 2 atom stereocenters. The van der Waals surface area contributed by atoms with Crippen molar-refractivity contribution in [2.45, 2.75) is 32.7 Å². The van der Waals surface area contributed by atoms with Crippen LogP contribution in [0.3, 0.4) is 0 Å². The first-order chi connectivity index (χ1) is 7.38. The molecule has 0 aromatic heterocycles. The van der Waals surface area contributed by atoms with Crippen LogP contribution < -0.4 is 10.6 Å². The van der Waals surface area contributed by atoms with Gasteiger partial charge in [-0.2, -0.15) is 0 Å². The molecule has 0 bridgehead atoms. The van der Waals surface area contributed by atoms with Gasteiger partial charge in [-0.1, -0.05) is 0 Å². The molecular weight excluding hydrogens is 208 g/mol. The van der Waals surface area contributed by atoms with Crippen LogP contribution in [0.1, 0.15) is 26.7 Å². The minimum absolute atomic E-state index is 0.0152. The van der Waals surface area contributed by atoms with Crippen LogP contribution >= 0.6 is 0 Å². The molecule has 1 aliphatic carbocycles. The van der Waals surface area contributed by atoms with Gasteiger partial charge >= 0.3 is 5.97 Å². The quantitative estimate of drug-likeness (QED) is 0.628. The molecule has 1 amide bonds. The van der Waals surface area contributed by atoms with Crippen LogP contribution in [0.15, 0.2) is 0 Å². The summed E-state index contributed by atoms with van der Waals surface area (Å²) in [6.07, 6.45) is 1.61. The minimum atomic E-state index is -0.749. The molecule has 0 spiro atoms. The first kappa shape index (κ1) is 13.0. The maximum atomic E-state index is 11.5. The third-order valence-corrected chi connectivity index (χ3v) is 3.24. The summed E-state index contributed by atoms with van der Waals surface area (Å²) in [6.45, 7) is 4.18. The molecule has 5 nitrogen and oxygen atoms in total. The van der Waals surface area contributed by atoms with Gasteiger partial charge < -0.3 is 15.7 Å². The molecule has 16 heavy (non-hydrogen) atoms. The van der Waals surface area contributed by atoms with E-state index in [2.05, 4.69) is 10.6 Å². The number of nitrogens with one attached hydrogen (secondary N) is 2. The maximum absolute atomic E-state index is 11.5. The topological polar surface area (TPSA) is 78.4 Å². The van der Waals surface area contributed by atoms with Crippen LogP contribution in [0.5, 0.6) is 0 Å². The number of hydrogen-bond acceptors (Lipinski definition) is 3. The highest BCUT2D eigenvalue weighted by Gasteiger charge is 2.38. The fourth-order valence-electron chi connectivity index (χ4n) is 1.84. The number of carbonyl (C=O) groups is 2. The lowest BCUT2D eigenvalue weighted by atomic mass is 9.79. The monoisotopic (exact) mass is 228 g/mol. The zero-order valence-corrected chi connectivity index (χ0v) is 10.0. The molecule has 0 saturated heterocycles. The van der Waals surface area contributed by atoms with Gasteiger partial charge in [-0.3, -0.25) is 9.59 Å². The fraction of sp³-hybridized carbons (Fsp3) is 0.818.